The van der Waals surface area contributed by atoms with Crippen LogP contribution in [0.2, 0.25) is 0 Å². The maximum absolute atomic E-state index is 12.0. The predicted molar refractivity (Wildman–Crippen MR) is 69.3 cm³/mol. The number of para-hydroxylation sites is 2. The number of ether oxygens (including phenoxy) is 3. The van der Waals surface area contributed by atoms with Crippen molar-refractivity contribution in [3.63, 3.8) is 0 Å². The molecule has 5 heteroatoms. The van der Waals surface area contributed by atoms with Crippen LogP contribution in [0.15, 0.2) is 24.3 Å². The number of benzene rings is 1. The minimum absolute atomic E-state index is 0.220. The van der Waals surface area contributed by atoms with Crippen molar-refractivity contribution >= 4 is 11.8 Å². The number of carbonyl (C=O) groups is 2. The number of Topliss-reactive ketones (excluding diaryl/α,β-unsaturated/α-hetero) is 1. The maximum Gasteiger partial charge on any atom is 0.318 e. The van der Waals surface area contributed by atoms with Gasteiger partial charge >= 0.3 is 5.97 Å². The van der Waals surface area contributed by atoms with Gasteiger partial charge < -0.3 is 14.2 Å². The summed E-state index contributed by atoms with van der Waals surface area (Å²) >= 11 is 0. The quantitative estimate of drug-likeness (QED) is 0.581. The summed E-state index contributed by atoms with van der Waals surface area (Å²) in [5.74, 6) is 0.0524. The van der Waals surface area contributed by atoms with Crippen molar-refractivity contribution in [1.82, 2.24) is 0 Å². The van der Waals surface area contributed by atoms with Gasteiger partial charge in [-0.2, -0.15) is 0 Å². The molecular formula is C14H18O5. The molecule has 1 rings (SSSR count). The summed E-state index contributed by atoms with van der Waals surface area (Å²) in [4.78, 5) is 23.5. The summed E-state index contributed by atoms with van der Waals surface area (Å²) < 4.78 is 15.1. The lowest BCUT2D eigenvalue weighted by molar-refractivity contribution is -0.156. The van der Waals surface area contributed by atoms with Crippen LogP contribution < -0.4 is 9.47 Å². The van der Waals surface area contributed by atoms with Crippen molar-refractivity contribution in [2.75, 3.05) is 20.8 Å². The lowest BCUT2D eigenvalue weighted by Crippen LogP contribution is -2.37. The predicted octanol–water partition coefficient (Wildman–Crippen LogP) is 1.84. The minimum atomic E-state index is -1.23. The summed E-state index contributed by atoms with van der Waals surface area (Å²) in [6, 6.07) is 6.99. The molecule has 0 atom stereocenters. The standard InChI is InChI=1S/C14H18O5/c1-14(2,13(16)18-4)12(15)9-19-11-8-6-5-7-10(11)17-3/h5-8H,9H2,1-4H3. The molecule has 0 fully saturated rings. The van der Waals surface area contributed by atoms with Crippen molar-refractivity contribution in [3.8, 4) is 11.5 Å². The van der Waals surface area contributed by atoms with Gasteiger partial charge in [0.1, 0.15) is 12.0 Å². The van der Waals surface area contributed by atoms with E-state index < -0.39 is 11.4 Å². The van der Waals surface area contributed by atoms with Crippen LogP contribution in [0.4, 0.5) is 0 Å². The summed E-state index contributed by atoms with van der Waals surface area (Å²) in [7, 11) is 2.76. The minimum Gasteiger partial charge on any atom is -0.493 e. The maximum atomic E-state index is 12.0. The van der Waals surface area contributed by atoms with Crippen molar-refractivity contribution in [2.24, 2.45) is 5.41 Å². The molecule has 0 aliphatic heterocycles. The van der Waals surface area contributed by atoms with E-state index in [1.165, 1.54) is 28.1 Å². The van der Waals surface area contributed by atoms with Crippen LogP contribution >= 0.6 is 0 Å². The highest BCUT2D eigenvalue weighted by molar-refractivity contribution is 6.03. The second kappa shape index (κ2) is 6.22. The van der Waals surface area contributed by atoms with Crippen LogP contribution in [0.1, 0.15) is 13.8 Å². The SMILES string of the molecule is COC(=O)C(C)(C)C(=O)COc1ccccc1OC. The first-order valence-corrected chi connectivity index (χ1v) is 5.81. The third-order valence-electron chi connectivity index (χ3n) is 2.82. The van der Waals surface area contributed by atoms with E-state index >= 15 is 0 Å². The zero-order valence-corrected chi connectivity index (χ0v) is 11.6. The van der Waals surface area contributed by atoms with Crippen LogP contribution in [-0.4, -0.2) is 32.6 Å². The Kier molecular flexibility index (Phi) is 4.92. The van der Waals surface area contributed by atoms with Gasteiger partial charge in [-0.25, -0.2) is 0 Å². The Hall–Kier alpha value is -2.04. The fraction of sp³-hybridized carbons (Fsp3) is 0.429. The molecule has 0 N–H and O–H groups in total. The Bertz CT molecular complexity index is 465. The second-order valence-corrected chi connectivity index (χ2v) is 4.48. The Morgan fingerprint density at radius 2 is 1.68 bits per heavy atom. The topological polar surface area (TPSA) is 61.8 Å². The first-order chi connectivity index (χ1) is 8.93. The first-order valence-electron chi connectivity index (χ1n) is 5.81. The van der Waals surface area contributed by atoms with Crippen molar-refractivity contribution in [1.29, 1.82) is 0 Å². The molecular weight excluding hydrogens is 248 g/mol. The molecule has 0 bridgehead atoms. The Balaban J connectivity index is 2.71. The average Bonchev–Trinajstić information content (AvgIpc) is 2.43. The van der Waals surface area contributed by atoms with Crippen LogP contribution in [0.3, 0.4) is 0 Å². The van der Waals surface area contributed by atoms with Gasteiger partial charge in [-0.05, 0) is 26.0 Å². The molecule has 0 amide bonds. The molecule has 0 aliphatic carbocycles. The first kappa shape index (κ1) is 15.0. The lowest BCUT2D eigenvalue weighted by atomic mass is 9.88. The van der Waals surface area contributed by atoms with Crippen molar-refractivity contribution in [3.05, 3.63) is 24.3 Å². The van der Waals surface area contributed by atoms with E-state index in [1.54, 1.807) is 24.3 Å². The molecule has 0 unspecified atom stereocenters. The third-order valence-corrected chi connectivity index (χ3v) is 2.82. The number of carbonyl (C=O) groups excluding carboxylic acids is 2. The third kappa shape index (κ3) is 3.47. The average molecular weight is 266 g/mol. The van der Waals surface area contributed by atoms with Gasteiger partial charge in [0, 0.05) is 0 Å². The highest BCUT2D eigenvalue weighted by atomic mass is 16.5. The van der Waals surface area contributed by atoms with E-state index in [2.05, 4.69) is 4.74 Å². The summed E-state index contributed by atoms with van der Waals surface area (Å²) in [5.41, 5.74) is -1.23. The fourth-order valence-electron chi connectivity index (χ4n) is 1.43. The van der Waals surface area contributed by atoms with Gasteiger partial charge in [0.2, 0.25) is 0 Å². The highest BCUT2D eigenvalue weighted by Crippen LogP contribution is 2.27. The number of rotatable bonds is 6. The Morgan fingerprint density at radius 3 is 2.21 bits per heavy atom. The molecule has 0 aromatic heterocycles. The zero-order chi connectivity index (χ0) is 14.5. The van der Waals surface area contributed by atoms with Gasteiger partial charge in [-0.1, -0.05) is 12.1 Å². The van der Waals surface area contributed by atoms with Gasteiger partial charge in [0.25, 0.3) is 0 Å². The molecule has 0 heterocycles. The molecule has 0 radical (unpaired) electrons. The number of hydrogen-bond donors (Lipinski definition) is 0. The second-order valence-electron chi connectivity index (χ2n) is 4.48. The molecule has 0 aliphatic rings. The molecule has 1 aromatic carbocycles. The van der Waals surface area contributed by atoms with Crippen molar-refractivity contribution < 1.29 is 23.8 Å². The number of esters is 1. The monoisotopic (exact) mass is 266 g/mol. The molecule has 104 valence electrons. The van der Waals surface area contributed by atoms with Gasteiger partial charge in [0.15, 0.2) is 17.3 Å². The van der Waals surface area contributed by atoms with Crippen molar-refractivity contribution in [2.45, 2.75) is 13.8 Å². The molecule has 0 saturated carbocycles. The van der Waals surface area contributed by atoms with Crippen LogP contribution in [0.5, 0.6) is 11.5 Å². The van der Waals surface area contributed by atoms with E-state index in [1.807, 2.05) is 0 Å². The molecule has 1 aromatic rings. The van der Waals surface area contributed by atoms with E-state index in [0.717, 1.165) is 0 Å². The van der Waals surface area contributed by atoms with Gasteiger partial charge in [-0.3, -0.25) is 9.59 Å². The van der Waals surface area contributed by atoms with E-state index in [0.29, 0.717) is 11.5 Å². The van der Waals surface area contributed by atoms with E-state index in [9.17, 15) is 9.59 Å². The summed E-state index contributed by atoms with van der Waals surface area (Å²) in [5, 5.41) is 0. The number of methoxy groups -OCH3 is 2. The normalized spacial score (nSPS) is 10.7. The molecule has 0 saturated heterocycles. The number of hydrogen-bond acceptors (Lipinski definition) is 5. The van der Waals surface area contributed by atoms with Gasteiger partial charge in [0.05, 0.1) is 14.2 Å². The van der Waals surface area contributed by atoms with Gasteiger partial charge in [-0.15, -0.1) is 0 Å². The number of ketones is 1. The van der Waals surface area contributed by atoms with Crippen LogP contribution in [0, 0.1) is 5.41 Å². The Labute approximate surface area is 112 Å². The molecule has 19 heavy (non-hydrogen) atoms. The van der Waals surface area contributed by atoms with E-state index in [-0.39, 0.29) is 12.4 Å². The van der Waals surface area contributed by atoms with E-state index in [4.69, 9.17) is 9.47 Å². The Morgan fingerprint density at radius 1 is 1.11 bits per heavy atom. The summed E-state index contributed by atoms with van der Waals surface area (Å²) in [6.45, 7) is 2.79. The zero-order valence-electron chi connectivity index (χ0n) is 11.6. The van der Waals surface area contributed by atoms with Crippen LogP contribution in [0.25, 0.3) is 0 Å². The highest BCUT2D eigenvalue weighted by Gasteiger charge is 2.37. The summed E-state index contributed by atoms with van der Waals surface area (Å²) in [6.07, 6.45) is 0. The largest absolute Gasteiger partial charge is 0.493 e. The molecule has 5 nitrogen and oxygen atoms in total. The van der Waals surface area contributed by atoms with Crippen LogP contribution in [-0.2, 0) is 14.3 Å². The lowest BCUT2D eigenvalue weighted by Gasteiger charge is -2.20. The fourth-order valence-corrected chi connectivity index (χ4v) is 1.43. The molecule has 0 spiro atoms. The smallest absolute Gasteiger partial charge is 0.318 e.